The first kappa shape index (κ1) is 18.7. The van der Waals surface area contributed by atoms with Gasteiger partial charge in [-0.2, -0.15) is 4.98 Å². The Balaban J connectivity index is 1.45. The molecule has 144 valence electrons. The molecule has 0 saturated carbocycles. The molecule has 2 fully saturated rings. The molecule has 2 saturated heterocycles. The highest BCUT2D eigenvalue weighted by molar-refractivity contribution is 5.75. The van der Waals surface area contributed by atoms with Crippen LogP contribution in [0.25, 0.3) is 0 Å². The number of carbonyl (C=O) groups is 2. The maximum atomic E-state index is 12.2. The first-order chi connectivity index (χ1) is 12.5. The number of carbonyl (C=O) groups excluding carboxylic acids is 2. The Morgan fingerprint density at radius 3 is 2.38 bits per heavy atom. The van der Waals surface area contributed by atoms with E-state index in [1.54, 1.807) is 6.92 Å². The van der Waals surface area contributed by atoms with Gasteiger partial charge in [0.1, 0.15) is 0 Å². The highest BCUT2D eigenvalue weighted by atomic mass is 16.5. The van der Waals surface area contributed by atoms with Crippen LogP contribution in [0.1, 0.15) is 51.2 Å². The van der Waals surface area contributed by atoms with Crippen LogP contribution < -0.4 is 0 Å². The van der Waals surface area contributed by atoms with Gasteiger partial charge in [-0.3, -0.25) is 4.79 Å². The Morgan fingerprint density at radius 2 is 1.81 bits per heavy atom. The summed E-state index contributed by atoms with van der Waals surface area (Å²) < 4.78 is 5.43. The summed E-state index contributed by atoms with van der Waals surface area (Å²) in [5.74, 6) is 2.21. The summed E-state index contributed by atoms with van der Waals surface area (Å²) >= 11 is 0. The lowest BCUT2D eigenvalue weighted by Gasteiger charge is -2.41. The van der Waals surface area contributed by atoms with E-state index in [9.17, 15) is 9.59 Å². The molecule has 0 radical (unpaired) electrons. The zero-order chi connectivity index (χ0) is 18.7. The van der Waals surface area contributed by atoms with E-state index in [-0.39, 0.29) is 17.9 Å². The average Bonchev–Trinajstić information content (AvgIpc) is 3.07. The van der Waals surface area contributed by atoms with Crippen molar-refractivity contribution in [2.24, 2.45) is 5.92 Å². The topological polar surface area (TPSA) is 82.8 Å². The predicted octanol–water partition coefficient (Wildman–Crippen LogP) is 1.73. The summed E-state index contributed by atoms with van der Waals surface area (Å²) in [7, 11) is 0. The Morgan fingerprint density at radius 1 is 1.15 bits per heavy atom. The number of piperidine rings is 1. The molecule has 3 amide bonds. The molecule has 0 aromatic carbocycles. The van der Waals surface area contributed by atoms with E-state index < -0.39 is 0 Å². The third-order valence-electron chi connectivity index (χ3n) is 5.51. The molecule has 26 heavy (non-hydrogen) atoms. The summed E-state index contributed by atoms with van der Waals surface area (Å²) in [6, 6.07) is 0.120. The van der Waals surface area contributed by atoms with E-state index in [0.29, 0.717) is 11.8 Å². The van der Waals surface area contributed by atoms with Gasteiger partial charge in [-0.05, 0) is 26.7 Å². The molecular formula is C18H29N5O3. The summed E-state index contributed by atoms with van der Waals surface area (Å²) in [5.41, 5.74) is 0. The van der Waals surface area contributed by atoms with Crippen LogP contribution in [-0.2, 0) is 11.2 Å². The predicted molar refractivity (Wildman–Crippen MR) is 95.6 cm³/mol. The van der Waals surface area contributed by atoms with Gasteiger partial charge in [-0.15, -0.1) is 0 Å². The summed E-state index contributed by atoms with van der Waals surface area (Å²) in [6.07, 6.45) is 2.49. The van der Waals surface area contributed by atoms with Gasteiger partial charge < -0.3 is 19.2 Å². The molecule has 0 unspecified atom stereocenters. The Labute approximate surface area is 154 Å². The van der Waals surface area contributed by atoms with Crippen LogP contribution in [0, 0.1) is 5.92 Å². The molecule has 0 N–H and O–H groups in total. The van der Waals surface area contributed by atoms with Crippen LogP contribution in [-0.4, -0.2) is 76.0 Å². The maximum Gasteiger partial charge on any atom is 0.319 e. The number of hydrogen-bond acceptors (Lipinski definition) is 5. The standard InChI is InChI=1S/C18H29N5O3/c1-4-21(5-2)18(25)23-11-14(12-23)10-16-19-17(20-26-16)15-6-8-22(9-7-15)13(3)24/h14-15H,4-12H2,1-3H3. The molecule has 0 bridgehead atoms. The Kier molecular flexibility index (Phi) is 5.78. The van der Waals surface area contributed by atoms with Gasteiger partial charge in [0, 0.05) is 64.4 Å². The lowest BCUT2D eigenvalue weighted by Crippen LogP contribution is -2.55. The molecule has 8 heteroatoms. The number of aromatic nitrogens is 2. The minimum absolute atomic E-state index is 0.120. The first-order valence-corrected chi connectivity index (χ1v) is 9.63. The number of rotatable bonds is 5. The van der Waals surface area contributed by atoms with Crippen molar-refractivity contribution < 1.29 is 14.1 Å². The fraction of sp³-hybridized carbons (Fsp3) is 0.778. The fourth-order valence-electron chi connectivity index (χ4n) is 3.77. The van der Waals surface area contributed by atoms with Crippen LogP contribution in [0.3, 0.4) is 0 Å². The molecule has 1 aromatic heterocycles. The van der Waals surface area contributed by atoms with Crippen LogP contribution >= 0.6 is 0 Å². The van der Waals surface area contributed by atoms with Gasteiger partial charge in [0.05, 0.1) is 0 Å². The normalized spacial score (nSPS) is 18.7. The second-order valence-electron chi connectivity index (χ2n) is 7.26. The largest absolute Gasteiger partial charge is 0.343 e. The average molecular weight is 363 g/mol. The maximum absolute atomic E-state index is 12.2. The second kappa shape index (κ2) is 8.05. The van der Waals surface area contributed by atoms with Crippen LogP contribution in [0.15, 0.2) is 4.52 Å². The molecule has 1 aromatic rings. The molecule has 0 atom stereocenters. The number of likely N-dealkylation sites (tertiary alicyclic amines) is 2. The van der Waals surface area contributed by atoms with E-state index in [2.05, 4.69) is 10.1 Å². The molecule has 8 nitrogen and oxygen atoms in total. The summed E-state index contributed by atoms with van der Waals surface area (Å²) in [4.78, 5) is 33.8. The van der Waals surface area contributed by atoms with Crippen molar-refractivity contribution in [2.45, 2.75) is 46.0 Å². The zero-order valence-corrected chi connectivity index (χ0v) is 16.0. The van der Waals surface area contributed by atoms with Crippen molar-refractivity contribution >= 4 is 11.9 Å². The zero-order valence-electron chi connectivity index (χ0n) is 16.0. The quantitative estimate of drug-likeness (QED) is 0.796. The molecule has 2 aliphatic heterocycles. The van der Waals surface area contributed by atoms with Gasteiger partial charge in [0.2, 0.25) is 11.8 Å². The van der Waals surface area contributed by atoms with Crippen LogP contribution in [0.5, 0.6) is 0 Å². The molecule has 0 spiro atoms. The lowest BCUT2D eigenvalue weighted by atomic mass is 9.95. The van der Waals surface area contributed by atoms with E-state index in [4.69, 9.17) is 4.52 Å². The van der Waals surface area contributed by atoms with Crippen molar-refractivity contribution in [1.29, 1.82) is 0 Å². The monoisotopic (exact) mass is 363 g/mol. The van der Waals surface area contributed by atoms with E-state index >= 15 is 0 Å². The third kappa shape index (κ3) is 3.99. The first-order valence-electron chi connectivity index (χ1n) is 9.63. The van der Waals surface area contributed by atoms with Gasteiger partial charge in [-0.1, -0.05) is 5.16 Å². The minimum Gasteiger partial charge on any atom is -0.343 e. The van der Waals surface area contributed by atoms with Crippen molar-refractivity contribution in [2.75, 3.05) is 39.3 Å². The number of nitrogens with zero attached hydrogens (tertiary/aromatic N) is 5. The number of urea groups is 1. The summed E-state index contributed by atoms with van der Waals surface area (Å²) in [6.45, 7) is 10.1. The Bertz CT molecular complexity index is 629. The molecule has 3 heterocycles. The van der Waals surface area contributed by atoms with Gasteiger partial charge >= 0.3 is 6.03 Å². The fourth-order valence-corrected chi connectivity index (χ4v) is 3.77. The highest BCUT2D eigenvalue weighted by Crippen LogP contribution is 2.27. The van der Waals surface area contributed by atoms with Gasteiger partial charge in [0.25, 0.3) is 0 Å². The number of hydrogen-bond donors (Lipinski definition) is 0. The second-order valence-corrected chi connectivity index (χ2v) is 7.26. The molecule has 2 aliphatic rings. The van der Waals surface area contributed by atoms with E-state index in [0.717, 1.165) is 64.4 Å². The van der Waals surface area contributed by atoms with Crippen molar-refractivity contribution in [1.82, 2.24) is 24.8 Å². The van der Waals surface area contributed by atoms with Crippen LogP contribution in [0.2, 0.25) is 0 Å². The van der Waals surface area contributed by atoms with Crippen molar-refractivity contribution in [3.05, 3.63) is 11.7 Å². The van der Waals surface area contributed by atoms with E-state index in [1.165, 1.54) is 0 Å². The van der Waals surface area contributed by atoms with Crippen molar-refractivity contribution in [3.63, 3.8) is 0 Å². The highest BCUT2D eigenvalue weighted by Gasteiger charge is 2.34. The number of amides is 3. The minimum atomic E-state index is 0.120. The van der Waals surface area contributed by atoms with Gasteiger partial charge in [-0.25, -0.2) is 4.79 Å². The Hall–Kier alpha value is -2.12. The van der Waals surface area contributed by atoms with Crippen LogP contribution in [0.4, 0.5) is 4.79 Å². The molecule has 3 rings (SSSR count). The third-order valence-corrected chi connectivity index (χ3v) is 5.51. The smallest absolute Gasteiger partial charge is 0.319 e. The SMILES string of the molecule is CCN(CC)C(=O)N1CC(Cc2nc(C3CCN(C(C)=O)CC3)no2)C1. The molecule has 0 aliphatic carbocycles. The van der Waals surface area contributed by atoms with Crippen molar-refractivity contribution in [3.8, 4) is 0 Å². The van der Waals surface area contributed by atoms with E-state index in [1.807, 2.05) is 28.5 Å². The summed E-state index contributed by atoms with van der Waals surface area (Å²) in [5, 5.41) is 4.15. The lowest BCUT2D eigenvalue weighted by molar-refractivity contribution is -0.129. The molecular weight excluding hydrogens is 334 g/mol. The van der Waals surface area contributed by atoms with Gasteiger partial charge in [0.15, 0.2) is 5.82 Å².